The van der Waals surface area contributed by atoms with E-state index in [-0.39, 0.29) is 24.9 Å². The van der Waals surface area contributed by atoms with Crippen LogP contribution in [0.5, 0.6) is 0 Å². The van der Waals surface area contributed by atoms with Crippen molar-refractivity contribution in [3.8, 4) is 0 Å². The summed E-state index contributed by atoms with van der Waals surface area (Å²) in [6.07, 6.45) is 3.66. The number of hydrogen-bond donors (Lipinski definition) is 2. The number of rotatable bonds is 5. The fourth-order valence-corrected chi connectivity index (χ4v) is 3.22. The number of piperazine rings is 1. The molecular weight excluding hydrogens is 380 g/mol. The Morgan fingerprint density at radius 1 is 1.14 bits per heavy atom. The van der Waals surface area contributed by atoms with Crippen molar-refractivity contribution in [2.45, 2.75) is 13.3 Å². The molecule has 1 fully saturated rings. The summed E-state index contributed by atoms with van der Waals surface area (Å²) in [7, 11) is 0. The van der Waals surface area contributed by atoms with Gasteiger partial charge in [-0.1, -0.05) is 17.7 Å². The monoisotopic (exact) mass is 402 g/mol. The third-order valence-corrected chi connectivity index (χ3v) is 4.78. The topological polar surface area (TPSA) is 90.5 Å². The minimum absolute atomic E-state index is 0.0160. The van der Waals surface area contributed by atoms with Gasteiger partial charge in [0.05, 0.1) is 10.7 Å². The maximum atomic E-state index is 12.4. The lowest BCUT2D eigenvalue weighted by Crippen LogP contribution is -2.49. The Morgan fingerprint density at radius 2 is 1.86 bits per heavy atom. The second-order valence-electron chi connectivity index (χ2n) is 6.53. The maximum absolute atomic E-state index is 12.4. The lowest BCUT2D eigenvalue weighted by Gasteiger charge is -2.34. The standard InChI is InChI=1S/C19H23ClN6O2/c1-14-3-4-16(15(20)13-14)24-19(28)23-8-5-17(27)25-9-11-26(12-10-25)18-21-6-2-7-22-18/h2-4,6-7,13H,5,8-12H2,1H3,(H2,23,24,28). The number of benzene rings is 1. The smallest absolute Gasteiger partial charge is 0.319 e. The van der Waals surface area contributed by atoms with Gasteiger partial charge in [0.25, 0.3) is 0 Å². The Hall–Kier alpha value is -2.87. The molecule has 2 aromatic rings. The van der Waals surface area contributed by atoms with Crippen LogP contribution >= 0.6 is 11.6 Å². The van der Waals surface area contributed by atoms with Gasteiger partial charge < -0.3 is 20.4 Å². The molecule has 3 rings (SSSR count). The highest BCUT2D eigenvalue weighted by Crippen LogP contribution is 2.22. The number of anilines is 2. The molecular formula is C19H23ClN6O2. The first-order valence-corrected chi connectivity index (χ1v) is 9.51. The normalized spacial score (nSPS) is 13.9. The highest BCUT2D eigenvalue weighted by molar-refractivity contribution is 6.33. The number of amides is 3. The van der Waals surface area contributed by atoms with E-state index in [2.05, 4.69) is 25.5 Å². The number of halogens is 1. The summed E-state index contributed by atoms with van der Waals surface area (Å²) >= 11 is 6.10. The maximum Gasteiger partial charge on any atom is 0.319 e. The van der Waals surface area contributed by atoms with Gasteiger partial charge in [-0.05, 0) is 30.7 Å². The van der Waals surface area contributed by atoms with E-state index < -0.39 is 0 Å². The van der Waals surface area contributed by atoms with Crippen LogP contribution in [0, 0.1) is 6.92 Å². The van der Waals surface area contributed by atoms with Gasteiger partial charge in [0.2, 0.25) is 11.9 Å². The molecule has 1 aliphatic heterocycles. The molecule has 0 atom stereocenters. The number of aryl methyl sites for hydroxylation is 1. The fraction of sp³-hybridized carbons (Fsp3) is 0.368. The van der Waals surface area contributed by atoms with Crippen molar-refractivity contribution in [3.63, 3.8) is 0 Å². The molecule has 9 heteroatoms. The molecule has 0 radical (unpaired) electrons. The molecule has 0 unspecified atom stereocenters. The lowest BCUT2D eigenvalue weighted by molar-refractivity contribution is -0.131. The van der Waals surface area contributed by atoms with E-state index in [0.717, 1.165) is 5.56 Å². The molecule has 148 valence electrons. The van der Waals surface area contributed by atoms with Gasteiger partial charge in [0.15, 0.2) is 0 Å². The Balaban J connectivity index is 1.38. The molecule has 0 spiro atoms. The average molecular weight is 403 g/mol. The van der Waals surface area contributed by atoms with Gasteiger partial charge >= 0.3 is 6.03 Å². The predicted molar refractivity (Wildman–Crippen MR) is 109 cm³/mol. The number of hydrogen-bond acceptors (Lipinski definition) is 5. The molecule has 2 N–H and O–H groups in total. The predicted octanol–water partition coefficient (Wildman–Crippen LogP) is 2.30. The number of carbonyl (C=O) groups excluding carboxylic acids is 2. The second kappa shape index (κ2) is 9.36. The zero-order chi connectivity index (χ0) is 19.9. The number of nitrogens with one attached hydrogen (secondary N) is 2. The SMILES string of the molecule is Cc1ccc(NC(=O)NCCC(=O)N2CCN(c3ncccn3)CC2)c(Cl)c1. The minimum atomic E-state index is -0.385. The van der Waals surface area contributed by atoms with Crippen LogP contribution in [0.2, 0.25) is 5.02 Å². The van der Waals surface area contributed by atoms with Crippen LogP contribution in [0.4, 0.5) is 16.4 Å². The van der Waals surface area contributed by atoms with Crippen LogP contribution in [-0.4, -0.2) is 59.5 Å². The first-order chi connectivity index (χ1) is 13.5. The minimum Gasteiger partial charge on any atom is -0.339 e. The summed E-state index contributed by atoms with van der Waals surface area (Å²) < 4.78 is 0. The Labute approximate surface area is 168 Å². The Bertz CT molecular complexity index is 824. The van der Waals surface area contributed by atoms with Crippen LogP contribution in [0.15, 0.2) is 36.7 Å². The van der Waals surface area contributed by atoms with Crippen molar-refractivity contribution in [3.05, 3.63) is 47.2 Å². The fourth-order valence-electron chi connectivity index (χ4n) is 2.94. The van der Waals surface area contributed by atoms with Gasteiger partial charge in [0.1, 0.15) is 0 Å². The molecule has 1 aromatic carbocycles. The summed E-state index contributed by atoms with van der Waals surface area (Å²) in [4.78, 5) is 36.7. The Kier molecular flexibility index (Phi) is 6.65. The molecule has 0 bridgehead atoms. The highest BCUT2D eigenvalue weighted by atomic mass is 35.5. The van der Waals surface area contributed by atoms with E-state index in [4.69, 9.17) is 11.6 Å². The number of carbonyl (C=O) groups is 2. The molecule has 28 heavy (non-hydrogen) atoms. The molecule has 8 nitrogen and oxygen atoms in total. The van der Waals surface area contributed by atoms with Crippen molar-refractivity contribution in [2.75, 3.05) is 42.9 Å². The van der Waals surface area contributed by atoms with Crippen molar-refractivity contribution < 1.29 is 9.59 Å². The van der Waals surface area contributed by atoms with E-state index in [9.17, 15) is 9.59 Å². The third kappa shape index (κ3) is 5.32. The molecule has 0 aliphatic carbocycles. The van der Waals surface area contributed by atoms with Crippen molar-refractivity contribution >= 4 is 35.2 Å². The third-order valence-electron chi connectivity index (χ3n) is 4.46. The second-order valence-corrected chi connectivity index (χ2v) is 6.94. The first-order valence-electron chi connectivity index (χ1n) is 9.13. The number of urea groups is 1. The molecule has 0 saturated carbocycles. The molecule has 2 heterocycles. The summed E-state index contributed by atoms with van der Waals surface area (Å²) in [5.41, 5.74) is 1.55. The van der Waals surface area contributed by atoms with E-state index in [1.807, 2.05) is 13.0 Å². The van der Waals surface area contributed by atoms with E-state index in [1.54, 1.807) is 35.5 Å². The number of aromatic nitrogens is 2. The summed E-state index contributed by atoms with van der Waals surface area (Å²) in [5.74, 6) is 0.699. The first kappa shape index (κ1) is 19.9. The van der Waals surface area contributed by atoms with Gasteiger partial charge in [0, 0.05) is 51.5 Å². The highest BCUT2D eigenvalue weighted by Gasteiger charge is 2.22. The van der Waals surface area contributed by atoms with Crippen LogP contribution in [0.3, 0.4) is 0 Å². The quantitative estimate of drug-likeness (QED) is 0.800. The van der Waals surface area contributed by atoms with Gasteiger partial charge in [-0.15, -0.1) is 0 Å². The van der Waals surface area contributed by atoms with Gasteiger partial charge in [-0.3, -0.25) is 4.79 Å². The summed E-state index contributed by atoms with van der Waals surface area (Å²) in [6.45, 7) is 4.79. The van der Waals surface area contributed by atoms with Crippen LogP contribution in [-0.2, 0) is 4.79 Å². The van der Waals surface area contributed by atoms with Crippen LogP contribution in [0.25, 0.3) is 0 Å². The van der Waals surface area contributed by atoms with E-state index >= 15 is 0 Å². The van der Waals surface area contributed by atoms with Crippen LogP contribution in [0.1, 0.15) is 12.0 Å². The van der Waals surface area contributed by atoms with Crippen molar-refractivity contribution in [2.24, 2.45) is 0 Å². The van der Waals surface area contributed by atoms with Gasteiger partial charge in [-0.2, -0.15) is 0 Å². The van der Waals surface area contributed by atoms with E-state index in [0.29, 0.717) is 42.8 Å². The van der Waals surface area contributed by atoms with Gasteiger partial charge in [-0.25, -0.2) is 14.8 Å². The van der Waals surface area contributed by atoms with Crippen molar-refractivity contribution in [1.29, 1.82) is 0 Å². The van der Waals surface area contributed by atoms with Crippen molar-refractivity contribution in [1.82, 2.24) is 20.2 Å². The average Bonchev–Trinajstić information content (AvgIpc) is 2.71. The van der Waals surface area contributed by atoms with E-state index in [1.165, 1.54) is 0 Å². The largest absolute Gasteiger partial charge is 0.339 e. The zero-order valence-corrected chi connectivity index (χ0v) is 16.4. The Morgan fingerprint density at radius 3 is 2.54 bits per heavy atom. The molecule has 1 aromatic heterocycles. The summed E-state index contributed by atoms with van der Waals surface area (Å²) in [5, 5.41) is 5.86. The molecule has 3 amide bonds. The molecule has 1 saturated heterocycles. The molecule has 1 aliphatic rings. The number of nitrogens with zero attached hydrogens (tertiary/aromatic N) is 4. The van der Waals surface area contributed by atoms with Crippen LogP contribution < -0.4 is 15.5 Å². The lowest BCUT2D eigenvalue weighted by atomic mass is 10.2. The zero-order valence-electron chi connectivity index (χ0n) is 15.7. The summed E-state index contributed by atoms with van der Waals surface area (Å²) in [6, 6.07) is 6.79.